The fourth-order valence-electron chi connectivity index (χ4n) is 3.12. The molecule has 0 aromatic heterocycles. The summed E-state index contributed by atoms with van der Waals surface area (Å²) in [6, 6.07) is 6.32. The zero-order chi connectivity index (χ0) is 13.7. The second-order valence-corrected chi connectivity index (χ2v) is 5.81. The molecule has 0 spiro atoms. The molecule has 2 heteroatoms. The van der Waals surface area contributed by atoms with Gasteiger partial charge >= 0.3 is 0 Å². The van der Waals surface area contributed by atoms with Crippen molar-refractivity contribution in [1.82, 2.24) is 5.32 Å². The van der Waals surface area contributed by atoms with Gasteiger partial charge in [0.2, 0.25) is 0 Å². The number of benzene rings is 1. The highest BCUT2D eigenvalue weighted by Crippen LogP contribution is 2.32. The van der Waals surface area contributed by atoms with Crippen LogP contribution in [0.3, 0.4) is 0 Å². The molecule has 1 saturated carbocycles. The van der Waals surface area contributed by atoms with Crippen molar-refractivity contribution in [2.24, 2.45) is 0 Å². The average molecular weight is 263 g/mol. The number of rotatable bonds is 4. The van der Waals surface area contributed by atoms with Crippen molar-refractivity contribution >= 4 is 0 Å². The molecule has 1 fully saturated rings. The normalized spacial score (nSPS) is 24.2. The van der Waals surface area contributed by atoms with Crippen molar-refractivity contribution in [3.8, 4) is 0 Å². The molecule has 1 aliphatic rings. The van der Waals surface area contributed by atoms with E-state index in [9.17, 15) is 4.39 Å². The van der Waals surface area contributed by atoms with Crippen LogP contribution in [0, 0.1) is 12.7 Å². The number of nitrogens with one attached hydrogen (secondary N) is 1. The molecule has 1 nitrogen and oxygen atoms in total. The highest BCUT2D eigenvalue weighted by Gasteiger charge is 2.24. The predicted octanol–water partition coefficient (Wildman–Crippen LogP) is 4.55. The maximum Gasteiger partial charge on any atom is 0.126 e. The summed E-state index contributed by atoms with van der Waals surface area (Å²) in [4.78, 5) is 0. The van der Waals surface area contributed by atoms with Crippen LogP contribution in [-0.4, -0.2) is 12.6 Å². The Hall–Kier alpha value is -0.890. The van der Waals surface area contributed by atoms with E-state index >= 15 is 0 Å². The molecular formula is C17H26FN. The highest BCUT2D eigenvalue weighted by molar-refractivity contribution is 5.27. The minimum atomic E-state index is -0.0593. The molecule has 106 valence electrons. The molecule has 0 saturated heterocycles. The van der Waals surface area contributed by atoms with Gasteiger partial charge in [0.15, 0.2) is 0 Å². The van der Waals surface area contributed by atoms with Crippen LogP contribution in [-0.2, 0) is 0 Å². The van der Waals surface area contributed by atoms with E-state index in [0.717, 1.165) is 18.5 Å². The number of halogens is 1. The number of hydrogen-bond donors (Lipinski definition) is 1. The molecule has 1 aliphatic carbocycles. The standard InChI is InChI=1S/C17H26FN/c1-3-11-19-17-8-6-4-5-7-15(17)14-10-9-13(2)16(18)12-14/h9-10,12,15,17,19H,3-8,11H2,1-2H3. The van der Waals surface area contributed by atoms with E-state index in [2.05, 4.69) is 18.3 Å². The quantitative estimate of drug-likeness (QED) is 0.786. The van der Waals surface area contributed by atoms with Crippen molar-refractivity contribution in [1.29, 1.82) is 0 Å². The van der Waals surface area contributed by atoms with Crippen LogP contribution >= 0.6 is 0 Å². The van der Waals surface area contributed by atoms with Crippen LogP contribution in [0.25, 0.3) is 0 Å². The van der Waals surface area contributed by atoms with Gasteiger partial charge in [0.1, 0.15) is 5.82 Å². The maximum absolute atomic E-state index is 13.8. The fourth-order valence-corrected chi connectivity index (χ4v) is 3.12. The van der Waals surface area contributed by atoms with E-state index in [1.807, 2.05) is 13.0 Å². The lowest BCUT2D eigenvalue weighted by Crippen LogP contribution is -2.34. The lowest BCUT2D eigenvalue weighted by atomic mass is 9.87. The molecule has 2 rings (SSSR count). The summed E-state index contributed by atoms with van der Waals surface area (Å²) in [6.07, 6.45) is 7.45. The third-order valence-electron chi connectivity index (χ3n) is 4.30. The van der Waals surface area contributed by atoms with E-state index in [4.69, 9.17) is 0 Å². The number of aryl methyl sites for hydroxylation is 1. The Morgan fingerprint density at radius 2 is 2.00 bits per heavy atom. The summed E-state index contributed by atoms with van der Waals surface area (Å²) in [5.41, 5.74) is 1.93. The molecule has 0 heterocycles. The lowest BCUT2D eigenvalue weighted by molar-refractivity contribution is 0.409. The average Bonchev–Trinajstić information content (AvgIpc) is 2.65. The molecule has 1 aromatic carbocycles. The van der Waals surface area contributed by atoms with Crippen molar-refractivity contribution in [2.45, 2.75) is 64.3 Å². The minimum Gasteiger partial charge on any atom is -0.313 e. The molecule has 1 aromatic rings. The van der Waals surface area contributed by atoms with Crippen LogP contribution in [0.5, 0.6) is 0 Å². The van der Waals surface area contributed by atoms with Gasteiger partial charge in [0.05, 0.1) is 0 Å². The van der Waals surface area contributed by atoms with Crippen LogP contribution in [0.15, 0.2) is 18.2 Å². The van der Waals surface area contributed by atoms with Gasteiger partial charge in [-0.3, -0.25) is 0 Å². The van der Waals surface area contributed by atoms with Gasteiger partial charge in [-0.1, -0.05) is 38.3 Å². The van der Waals surface area contributed by atoms with Crippen molar-refractivity contribution in [3.05, 3.63) is 35.1 Å². The van der Waals surface area contributed by atoms with E-state index in [-0.39, 0.29) is 5.82 Å². The topological polar surface area (TPSA) is 12.0 Å². The zero-order valence-corrected chi connectivity index (χ0v) is 12.2. The Balaban J connectivity index is 2.18. The van der Waals surface area contributed by atoms with Crippen molar-refractivity contribution in [3.63, 3.8) is 0 Å². The van der Waals surface area contributed by atoms with E-state index in [1.165, 1.54) is 37.7 Å². The maximum atomic E-state index is 13.8. The first kappa shape index (κ1) is 14.5. The van der Waals surface area contributed by atoms with Gasteiger partial charge < -0.3 is 5.32 Å². The van der Waals surface area contributed by atoms with Crippen molar-refractivity contribution in [2.75, 3.05) is 6.54 Å². The molecule has 19 heavy (non-hydrogen) atoms. The number of hydrogen-bond acceptors (Lipinski definition) is 1. The molecule has 2 atom stereocenters. The lowest BCUT2D eigenvalue weighted by Gasteiger charge is -2.27. The summed E-state index contributed by atoms with van der Waals surface area (Å²) in [6.45, 7) is 5.10. The summed E-state index contributed by atoms with van der Waals surface area (Å²) < 4.78 is 13.8. The predicted molar refractivity (Wildman–Crippen MR) is 79.0 cm³/mol. The van der Waals surface area contributed by atoms with Gasteiger partial charge in [-0.15, -0.1) is 0 Å². The monoisotopic (exact) mass is 263 g/mol. The summed E-state index contributed by atoms with van der Waals surface area (Å²) in [7, 11) is 0. The van der Waals surface area contributed by atoms with Gasteiger partial charge in [0.25, 0.3) is 0 Å². The Labute approximate surface area is 116 Å². The Bertz CT molecular complexity index is 402. The van der Waals surface area contributed by atoms with Crippen LogP contribution in [0.1, 0.15) is 62.5 Å². The summed E-state index contributed by atoms with van der Waals surface area (Å²) in [5, 5.41) is 3.67. The van der Waals surface area contributed by atoms with Gasteiger partial charge in [-0.2, -0.15) is 0 Å². The van der Waals surface area contributed by atoms with Crippen LogP contribution in [0.4, 0.5) is 4.39 Å². The first-order valence-electron chi connectivity index (χ1n) is 7.71. The first-order chi connectivity index (χ1) is 9.22. The first-order valence-corrected chi connectivity index (χ1v) is 7.71. The smallest absolute Gasteiger partial charge is 0.126 e. The van der Waals surface area contributed by atoms with Gasteiger partial charge in [-0.25, -0.2) is 4.39 Å². The van der Waals surface area contributed by atoms with E-state index in [0.29, 0.717) is 12.0 Å². The molecule has 0 amide bonds. The third kappa shape index (κ3) is 3.79. The second kappa shape index (κ2) is 7.04. The molecule has 2 unspecified atom stereocenters. The Morgan fingerprint density at radius 1 is 1.21 bits per heavy atom. The zero-order valence-electron chi connectivity index (χ0n) is 12.2. The summed E-state index contributed by atoms with van der Waals surface area (Å²) in [5.74, 6) is 0.417. The summed E-state index contributed by atoms with van der Waals surface area (Å²) >= 11 is 0. The van der Waals surface area contributed by atoms with Crippen molar-refractivity contribution < 1.29 is 4.39 Å². The SMILES string of the molecule is CCCNC1CCCCCC1c1ccc(C)c(F)c1. The largest absolute Gasteiger partial charge is 0.313 e. The van der Waals surface area contributed by atoms with Gasteiger partial charge in [-0.05, 0) is 55.8 Å². The highest BCUT2D eigenvalue weighted by atomic mass is 19.1. The molecule has 0 aliphatic heterocycles. The molecule has 0 radical (unpaired) electrons. The van der Waals surface area contributed by atoms with Gasteiger partial charge in [0, 0.05) is 6.04 Å². The van der Waals surface area contributed by atoms with Crippen LogP contribution in [0.2, 0.25) is 0 Å². The van der Waals surface area contributed by atoms with E-state index < -0.39 is 0 Å². The molecule has 0 bridgehead atoms. The third-order valence-corrected chi connectivity index (χ3v) is 4.30. The molecule has 1 N–H and O–H groups in total. The van der Waals surface area contributed by atoms with Crippen LogP contribution < -0.4 is 5.32 Å². The second-order valence-electron chi connectivity index (χ2n) is 5.81. The minimum absolute atomic E-state index is 0.0593. The Morgan fingerprint density at radius 3 is 2.74 bits per heavy atom. The fraction of sp³-hybridized carbons (Fsp3) is 0.647. The Kier molecular flexibility index (Phi) is 5.38. The van der Waals surface area contributed by atoms with E-state index in [1.54, 1.807) is 6.07 Å². The molecular weight excluding hydrogens is 237 g/mol.